The van der Waals surface area contributed by atoms with Gasteiger partial charge in [-0.2, -0.15) is 0 Å². The van der Waals surface area contributed by atoms with Gasteiger partial charge in [0.05, 0.1) is 10.9 Å². The molecular weight excluding hydrogens is 329 g/mol. The number of hydrogen-bond acceptors (Lipinski definition) is 2. The molecule has 1 aromatic carbocycles. The predicted molar refractivity (Wildman–Crippen MR) is 76.8 cm³/mol. The molecule has 1 amide bonds. The van der Waals surface area contributed by atoms with Crippen LogP contribution in [0.4, 0.5) is 4.39 Å². The topological polar surface area (TPSA) is 66.4 Å². The number of hydrogen-bond donors (Lipinski definition) is 2. The molecule has 0 aliphatic rings. The number of rotatable bonds is 6. The molecule has 0 spiro atoms. The van der Waals surface area contributed by atoms with E-state index in [2.05, 4.69) is 21.2 Å². The van der Waals surface area contributed by atoms with Crippen LogP contribution in [0.15, 0.2) is 22.7 Å². The summed E-state index contributed by atoms with van der Waals surface area (Å²) in [5.74, 6) is -1.68. The molecule has 0 saturated heterocycles. The van der Waals surface area contributed by atoms with E-state index in [1.807, 2.05) is 13.8 Å². The fourth-order valence-corrected chi connectivity index (χ4v) is 2.20. The Morgan fingerprint density at radius 3 is 2.55 bits per heavy atom. The first-order valence-electron chi connectivity index (χ1n) is 6.25. The summed E-state index contributed by atoms with van der Waals surface area (Å²) in [6, 6.07) is 3.37. The Morgan fingerprint density at radius 1 is 1.40 bits per heavy atom. The highest BCUT2D eigenvalue weighted by Crippen LogP contribution is 2.17. The van der Waals surface area contributed by atoms with Gasteiger partial charge in [-0.25, -0.2) is 9.18 Å². The number of nitrogens with one attached hydrogen (secondary N) is 1. The quantitative estimate of drug-likeness (QED) is 0.832. The van der Waals surface area contributed by atoms with Crippen LogP contribution in [-0.4, -0.2) is 23.0 Å². The normalized spacial score (nSPS) is 12.2. The molecule has 2 N–H and O–H groups in total. The first-order chi connectivity index (χ1) is 9.29. The van der Waals surface area contributed by atoms with Gasteiger partial charge in [-0.15, -0.1) is 0 Å². The van der Waals surface area contributed by atoms with Crippen LogP contribution in [0.3, 0.4) is 0 Å². The molecule has 110 valence electrons. The Morgan fingerprint density at radius 2 is 2.05 bits per heavy atom. The third-order valence-electron chi connectivity index (χ3n) is 2.69. The minimum atomic E-state index is -1.05. The maximum Gasteiger partial charge on any atom is 0.326 e. The van der Waals surface area contributed by atoms with E-state index in [-0.39, 0.29) is 16.8 Å². The standard InChI is InChI=1S/C14H17BrFNO3/c1-8(2)5-12(14(19)20)17-13(18)7-9-3-4-11(16)10(15)6-9/h3-4,6,8,12H,5,7H2,1-2H3,(H,17,18)(H,19,20)/t12-/m1/s1. The van der Waals surface area contributed by atoms with Crippen LogP contribution in [-0.2, 0) is 16.0 Å². The van der Waals surface area contributed by atoms with Crippen LogP contribution in [0, 0.1) is 11.7 Å². The summed E-state index contributed by atoms with van der Waals surface area (Å²) in [4.78, 5) is 22.9. The lowest BCUT2D eigenvalue weighted by Gasteiger charge is -2.16. The lowest BCUT2D eigenvalue weighted by atomic mass is 10.0. The lowest BCUT2D eigenvalue weighted by molar-refractivity contribution is -0.142. The van der Waals surface area contributed by atoms with Gasteiger partial charge in [0.15, 0.2) is 0 Å². The van der Waals surface area contributed by atoms with Crippen molar-refractivity contribution in [2.75, 3.05) is 0 Å². The minimum Gasteiger partial charge on any atom is -0.480 e. The fourth-order valence-electron chi connectivity index (χ4n) is 1.77. The molecule has 1 atom stereocenters. The number of benzene rings is 1. The fraction of sp³-hybridized carbons (Fsp3) is 0.429. The van der Waals surface area contributed by atoms with Crippen LogP contribution in [0.25, 0.3) is 0 Å². The zero-order valence-electron chi connectivity index (χ0n) is 11.3. The molecule has 0 aromatic heterocycles. The van der Waals surface area contributed by atoms with Gasteiger partial charge in [0, 0.05) is 0 Å². The molecule has 4 nitrogen and oxygen atoms in total. The lowest BCUT2D eigenvalue weighted by Crippen LogP contribution is -2.42. The molecule has 20 heavy (non-hydrogen) atoms. The molecule has 0 radical (unpaired) electrons. The van der Waals surface area contributed by atoms with Crippen LogP contribution in [0.5, 0.6) is 0 Å². The monoisotopic (exact) mass is 345 g/mol. The third kappa shape index (κ3) is 5.28. The summed E-state index contributed by atoms with van der Waals surface area (Å²) < 4.78 is 13.3. The van der Waals surface area contributed by atoms with Crippen molar-refractivity contribution in [2.24, 2.45) is 5.92 Å². The average Bonchev–Trinajstić information content (AvgIpc) is 2.32. The molecule has 0 bridgehead atoms. The number of carboxylic acids is 1. The zero-order valence-corrected chi connectivity index (χ0v) is 12.9. The molecule has 0 saturated carbocycles. The maximum absolute atomic E-state index is 13.1. The minimum absolute atomic E-state index is 0.0146. The van der Waals surface area contributed by atoms with Crippen molar-refractivity contribution in [3.8, 4) is 0 Å². The Hall–Kier alpha value is -1.43. The largest absolute Gasteiger partial charge is 0.480 e. The van der Waals surface area contributed by atoms with E-state index >= 15 is 0 Å². The van der Waals surface area contributed by atoms with Crippen molar-refractivity contribution >= 4 is 27.8 Å². The molecular formula is C14H17BrFNO3. The summed E-state index contributed by atoms with van der Waals surface area (Å²) >= 11 is 3.04. The van der Waals surface area contributed by atoms with E-state index in [0.29, 0.717) is 12.0 Å². The van der Waals surface area contributed by atoms with Gasteiger partial charge in [-0.1, -0.05) is 19.9 Å². The predicted octanol–water partition coefficient (Wildman–Crippen LogP) is 2.75. The molecule has 0 aliphatic carbocycles. The summed E-state index contributed by atoms with van der Waals surface area (Å²) in [5, 5.41) is 11.5. The van der Waals surface area contributed by atoms with Crippen molar-refractivity contribution in [1.82, 2.24) is 5.32 Å². The number of aliphatic carboxylic acids is 1. The Labute approximate surface area is 125 Å². The van der Waals surface area contributed by atoms with Gasteiger partial charge >= 0.3 is 5.97 Å². The van der Waals surface area contributed by atoms with Gasteiger partial charge in [-0.3, -0.25) is 4.79 Å². The SMILES string of the molecule is CC(C)C[C@@H](NC(=O)Cc1ccc(F)c(Br)c1)C(=O)O. The van der Waals surface area contributed by atoms with Crippen LogP contribution in [0.1, 0.15) is 25.8 Å². The molecule has 1 rings (SSSR count). The summed E-state index contributed by atoms with van der Waals surface area (Å²) in [5.41, 5.74) is 0.615. The smallest absolute Gasteiger partial charge is 0.326 e. The van der Waals surface area contributed by atoms with Crippen LogP contribution >= 0.6 is 15.9 Å². The van der Waals surface area contributed by atoms with Crippen molar-refractivity contribution < 1.29 is 19.1 Å². The van der Waals surface area contributed by atoms with Crippen molar-refractivity contribution in [3.05, 3.63) is 34.1 Å². The molecule has 0 aliphatic heterocycles. The second-order valence-corrected chi connectivity index (χ2v) is 5.87. The van der Waals surface area contributed by atoms with Gasteiger partial charge in [0.2, 0.25) is 5.91 Å². The number of carboxylic acid groups (broad SMARTS) is 1. The van der Waals surface area contributed by atoms with Gasteiger partial charge < -0.3 is 10.4 Å². The second kappa shape index (κ2) is 7.38. The average molecular weight is 346 g/mol. The molecule has 0 heterocycles. The Balaban J connectivity index is 2.65. The van der Waals surface area contributed by atoms with Crippen LogP contribution < -0.4 is 5.32 Å². The van der Waals surface area contributed by atoms with Gasteiger partial charge in [-0.05, 0) is 46.0 Å². The molecule has 0 fully saturated rings. The number of carbonyl (C=O) groups excluding carboxylic acids is 1. The number of halogens is 2. The zero-order chi connectivity index (χ0) is 15.3. The Bertz CT molecular complexity index is 505. The van der Waals surface area contributed by atoms with E-state index in [9.17, 15) is 14.0 Å². The van der Waals surface area contributed by atoms with Crippen LogP contribution in [0.2, 0.25) is 0 Å². The van der Waals surface area contributed by atoms with E-state index in [1.54, 1.807) is 0 Å². The van der Waals surface area contributed by atoms with E-state index in [0.717, 1.165) is 0 Å². The number of amides is 1. The highest BCUT2D eigenvalue weighted by atomic mass is 79.9. The van der Waals surface area contributed by atoms with Crippen molar-refractivity contribution in [3.63, 3.8) is 0 Å². The first-order valence-corrected chi connectivity index (χ1v) is 7.05. The second-order valence-electron chi connectivity index (χ2n) is 5.01. The van der Waals surface area contributed by atoms with E-state index in [4.69, 9.17) is 5.11 Å². The van der Waals surface area contributed by atoms with Crippen molar-refractivity contribution in [2.45, 2.75) is 32.7 Å². The summed E-state index contributed by atoms with van der Waals surface area (Å²) in [6.45, 7) is 3.78. The van der Waals surface area contributed by atoms with Gasteiger partial charge in [0.25, 0.3) is 0 Å². The Kier molecular flexibility index (Phi) is 6.13. The summed E-state index contributed by atoms with van der Waals surface area (Å²) in [7, 11) is 0. The maximum atomic E-state index is 13.1. The molecule has 6 heteroatoms. The van der Waals surface area contributed by atoms with E-state index in [1.165, 1.54) is 18.2 Å². The summed E-state index contributed by atoms with van der Waals surface area (Å²) in [6.07, 6.45) is 0.384. The third-order valence-corrected chi connectivity index (χ3v) is 3.30. The molecule has 1 aromatic rings. The van der Waals surface area contributed by atoms with Gasteiger partial charge in [0.1, 0.15) is 11.9 Å². The highest BCUT2D eigenvalue weighted by molar-refractivity contribution is 9.10. The first kappa shape index (κ1) is 16.6. The van der Waals surface area contributed by atoms with Crippen molar-refractivity contribution in [1.29, 1.82) is 0 Å². The highest BCUT2D eigenvalue weighted by Gasteiger charge is 2.21. The molecule has 0 unspecified atom stereocenters. The van der Waals surface area contributed by atoms with E-state index < -0.39 is 23.7 Å². The number of carbonyl (C=O) groups is 2.